The highest BCUT2D eigenvalue weighted by Gasteiger charge is 2.36. The summed E-state index contributed by atoms with van der Waals surface area (Å²) in [6.07, 6.45) is 0.469. The summed E-state index contributed by atoms with van der Waals surface area (Å²) >= 11 is 0. The maximum Gasteiger partial charge on any atom is 0.271 e. The Labute approximate surface area is 211 Å². The zero-order valence-corrected chi connectivity index (χ0v) is 19.9. The van der Waals surface area contributed by atoms with Crippen LogP contribution < -0.4 is 0 Å². The van der Waals surface area contributed by atoms with Crippen LogP contribution in [0.5, 0.6) is 0 Å². The second-order valence-corrected chi connectivity index (χ2v) is 8.91. The molecule has 2 amide bonds. The minimum absolute atomic E-state index is 0.0977. The van der Waals surface area contributed by atoms with E-state index < -0.39 is 17.9 Å². The number of benzene rings is 2. The molecule has 8 nitrogen and oxygen atoms in total. The summed E-state index contributed by atoms with van der Waals surface area (Å²) in [6.45, 7) is 2.70. The topological polar surface area (TPSA) is 129 Å². The van der Waals surface area contributed by atoms with Crippen LogP contribution in [0, 0.1) is 11.3 Å². The van der Waals surface area contributed by atoms with E-state index >= 15 is 0 Å². The summed E-state index contributed by atoms with van der Waals surface area (Å²) in [7, 11) is 0. The van der Waals surface area contributed by atoms with Gasteiger partial charge in [0.05, 0.1) is 12.6 Å². The predicted molar refractivity (Wildman–Crippen MR) is 132 cm³/mol. The highest BCUT2D eigenvalue weighted by molar-refractivity contribution is 6.28. The smallest absolute Gasteiger partial charge is 0.271 e. The summed E-state index contributed by atoms with van der Waals surface area (Å²) in [4.78, 5) is 52.4. The number of aliphatic hydroxyl groups excluding tert-OH is 1. The summed E-state index contributed by atoms with van der Waals surface area (Å²) in [6, 6.07) is 16.7. The number of nitriles is 1. The van der Waals surface area contributed by atoms with Crippen LogP contribution in [0.15, 0.2) is 75.7 Å². The molecule has 1 aromatic heterocycles. The van der Waals surface area contributed by atoms with Gasteiger partial charge in [-0.05, 0) is 49.8 Å². The van der Waals surface area contributed by atoms with Crippen molar-refractivity contribution in [3.63, 3.8) is 0 Å². The molecule has 0 saturated heterocycles. The fraction of sp³-hybridized carbons (Fsp3) is 0.138. The molecule has 0 radical (unpaired) electrons. The second-order valence-electron chi connectivity index (χ2n) is 8.91. The monoisotopic (exact) mass is 492 g/mol. The molecule has 3 aromatic rings. The molecule has 1 unspecified atom stereocenters. The first kappa shape index (κ1) is 23.9. The molecule has 1 N–H and O–H groups in total. The normalized spacial score (nSPS) is 17.1. The molecule has 0 spiro atoms. The van der Waals surface area contributed by atoms with Gasteiger partial charge in [-0.1, -0.05) is 30.3 Å². The van der Waals surface area contributed by atoms with Crippen molar-refractivity contribution in [2.75, 3.05) is 6.54 Å². The predicted octanol–water partition coefficient (Wildman–Crippen LogP) is 3.70. The van der Waals surface area contributed by atoms with Crippen LogP contribution in [0.4, 0.5) is 0 Å². The largest absolute Gasteiger partial charge is 0.457 e. The van der Waals surface area contributed by atoms with E-state index in [1.54, 1.807) is 54.6 Å². The number of hydrogen-bond donors (Lipinski definition) is 1. The molecule has 1 aliphatic carbocycles. The van der Waals surface area contributed by atoms with Crippen molar-refractivity contribution in [3.05, 3.63) is 99.3 Å². The van der Waals surface area contributed by atoms with Gasteiger partial charge in [0.1, 0.15) is 23.2 Å². The number of carbonyl (C=O) groups is 4. The number of fused-ring (bicyclic) bond motifs is 2. The number of nitrogens with zero attached hydrogens (tertiary/aromatic N) is 2. The first-order chi connectivity index (χ1) is 17.7. The summed E-state index contributed by atoms with van der Waals surface area (Å²) in [5, 5.41) is 19.2. The average Bonchev–Trinajstić information content (AvgIpc) is 3.36. The molecule has 0 saturated carbocycles. The van der Waals surface area contributed by atoms with E-state index in [1.165, 1.54) is 19.9 Å². The highest BCUT2D eigenvalue weighted by Crippen LogP contribution is 2.33. The minimum atomic E-state index is -0.965. The number of aliphatic hydroxyl groups is 1. The van der Waals surface area contributed by atoms with E-state index in [4.69, 9.17) is 4.42 Å². The third-order valence-electron chi connectivity index (χ3n) is 6.40. The van der Waals surface area contributed by atoms with Gasteiger partial charge >= 0.3 is 0 Å². The number of β-amino-alcohol motifs (C(OH)–C–C–N with tert-alkyl or cyclic N) is 1. The number of rotatable bonds is 4. The Morgan fingerprint density at radius 3 is 2.24 bits per heavy atom. The Balaban J connectivity index is 1.52. The van der Waals surface area contributed by atoms with E-state index in [1.807, 2.05) is 6.07 Å². The van der Waals surface area contributed by atoms with Crippen molar-refractivity contribution >= 4 is 29.5 Å². The van der Waals surface area contributed by atoms with E-state index in [2.05, 4.69) is 0 Å². The lowest BCUT2D eigenvalue weighted by Gasteiger charge is -2.28. The molecule has 1 atom stereocenters. The Kier molecular flexibility index (Phi) is 5.78. The van der Waals surface area contributed by atoms with Gasteiger partial charge in [0, 0.05) is 33.4 Å². The molecule has 8 heteroatoms. The van der Waals surface area contributed by atoms with Gasteiger partial charge in [0.25, 0.3) is 11.8 Å². The molecule has 0 fully saturated rings. The summed E-state index contributed by atoms with van der Waals surface area (Å²) in [5.74, 6) is -1.18. The lowest BCUT2D eigenvalue weighted by molar-refractivity contribution is -0.141. The van der Waals surface area contributed by atoms with E-state index in [-0.39, 0.29) is 46.2 Å². The van der Waals surface area contributed by atoms with E-state index in [0.29, 0.717) is 28.0 Å². The standard InChI is InChI=1S/C29H20N2O6/c1-15(32)14-31-28(35)22(16(2)24(13-30)29(31)36)12-18-8-10-25(37-18)17-7-9-21-23(11-17)27(34)20-6-4-3-5-19(20)26(21)33/h3-12,15,32H,14H2,1-2H3/b22-12+. The highest BCUT2D eigenvalue weighted by atomic mass is 16.3. The number of carbonyl (C=O) groups excluding carboxylic acids is 4. The maximum absolute atomic E-state index is 13.1. The van der Waals surface area contributed by atoms with Crippen LogP contribution in [-0.4, -0.2) is 46.0 Å². The molecule has 37 heavy (non-hydrogen) atoms. The SMILES string of the molecule is CC1=C(C#N)C(=O)N(CC(C)O)C(=O)/C1=C/c1ccc(-c2ccc3c(c2)C(=O)c2ccccc2C3=O)o1. The molecule has 2 aliphatic rings. The summed E-state index contributed by atoms with van der Waals surface area (Å²) in [5.41, 5.74) is 2.02. The van der Waals surface area contributed by atoms with E-state index in [9.17, 15) is 29.5 Å². The number of imide groups is 1. The Morgan fingerprint density at radius 1 is 0.946 bits per heavy atom. The summed E-state index contributed by atoms with van der Waals surface area (Å²) < 4.78 is 5.92. The Bertz CT molecular complexity index is 1630. The van der Waals surface area contributed by atoms with Crippen LogP contribution >= 0.6 is 0 Å². The van der Waals surface area contributed by atoms with Crippen LogP contribution in [0.25, 0.3) is 17.4 Å². The van der Waals surface area contributed by atoms with Gasteiger partial charge in [-0.25, -0.2) is 0 Å². The molecular weight excluding hydrogens is 472 g/mol. The number of hydrogen-bond acceptors (Lipinski definition) is 7. The van der Waals surface area contributed by atoms with Gasteiger partial charge < -0.3 is 9.52 Å². The third-order valence-corrected chi connectivity index (χ3v) is 6.40. The molecular formula is C29H20N2O6. The lowest BCUT2D eigenvalue weighted by Crippen LogP contribution is -2.45. The Morgan fingerprint density at radius 2 is 1.59 bits per heavy atom. The van der Waals surface area contributed by atoms with Gasteiger partial charge in [0.2, 0.25) is 0 Å². The number of ketones is 2. The van der Waals surface area contributed by atoms with Crippen molar-refractivity contribution in [2.24, 2.45) is 0 Å². The Hall–Kier alpha value is -4.87. The minimum Gasteiger partial charge on any atom is -0.457 e. The molecule has 5 rings (SSSR count). The van der Waals surface area contributed by atoms with Gasteiger partial charge in [-0.15, -0.1) is 0 Å². The van der Waals surface area contributed by atoms with Crippen molar-refractivity contribution < 1.29 is 28.7 Å². The fourth-order valence-corrected chi connectivity index (χ4v) is 4.54. The first-order valence-electron chi connectivity index (χ1n) is 11.5. The molecule has 2 heterocycles. The first-order valence-corrected chi connectivity index (χ1v) is 11.5. The second kappa shape index (κ2) is 8.97. The van der Waals surface area contributed by atoms with Gasteiger partial charge in [-0.3, -0.25) is 24.1 Å². The van der Waals surface area contributed by atoms with Crippen molar-refractivity contribution in [3.8, 4) is 17.4 Å². The van der Waals surface area contributed by atoms with Crippen LogP contribution in [0.2, 0.25) is 0 Å². The maximum atomic E-state index is 13.1. The van der Waals surface area contributed by atoms with Crippen LogP contribution in [-0.2, 0) is 9.59 Å². The van der Waals surface area contributed by atoms with E-state index in [0.717, 1.165) is 4.90 Å². The molecule has 1 aliphatic heterocycles. The molecule has 0 bridgehead atoms. The fourth-order valence-electron chi connectivity index (χ4n) is 4.54. The average molecular weight is 492 g/mol. The number of furan rings is 1. The van der Waals surface area contributed by atoms with Crippen LogP contribution in [0.3, 0.4) is 0 Å². The van der Waals surface area contributed by atoms with Gasteiger partial charge in [0.15, 0.2) is 11.6 Å². The van der Waals surface area contributed by atoms with Crippen LogP contribution in [0.1, 0.15) is 51.5 Å². The molecule has 2 aromatic carbocycles. The lowest BCUT2D eigenvalue weighted by atomic mass is 9.83. The quantitative estimate of drug-likeness (QED) is 0.340. The van der Waals surface area contributed by atoms with Gasteiger partial charge in [-0.2, -0.15) is 5.26 Å². The van der Waals surface area contributed by atoms with Crippen molar-refractivity contribution in [1.82, 2.24) is 4.90 Å². The third kappa shape index (κ3) is 3.92. The van der Waals surface area contributed by atoms with Crippen molar-refractivity contribution in [2.45, 2.75) is 20.0 Å². The number of amides is 2. The zero-order chi connectivity index (χ0) is 26.4. The molecule has 182 valence electrons. The van der Waals surface area contributed by atoms with Crippen molar-refractivity contribution in [1.29, 1.82) is 5.26 Å². The zero-order valence-electron chi connectivity index (χ0n) is 19.9.